The van der Waals surface area contributed by atoms with E-state index in [9.17, 15) is 39.9 Å². The fourth-order valence-electron chi connectivity index (χ4n) is 3.36. The van der Waals surface area contributed by atoms with Crippen molar-refractivity contribution in [2.24, 2.45) is 0 Å². The van der Waals surface area contributed by atoms with E-state index in [4.69, 9.17) is 17.3 Å². The lowest BCUT2D eigenvalue weighted by Gasteiger charge is -2.36. The fourth-order valence-corrected chi connectivity index (χ4v) is 5.23. The second kappa shape index (κ2) is 8.49. The number of piperazine rings is 1. The van der Waals surface area contributed by atoms with Crippen molar-refractivity contribution >= 4 is 33.1 Å². The quantitative estimate of drug-likeness (QED) is 0.476. The summed E-state index contributed by atoms with van der Waals surface area (Å²) in [5.41, 5.74) is -0.668. The zero-order valence-electron chi connectivity index (χ0n) is 16.5. The summed E-state index contributed by atoms with van der Waals surface area (Å²) >= 11 is 5.89. The Bertz CT molecular complexity index is 1100. The number of pyridine rings is 1. The minimum absolute atomic E-state index is 0.0279. The Morgan fingerprint density at radius 2 is 1.42 bits per heavy atom. The highest BCUT2D eigenvalue weighted by Gasteiger charge is 2.71. The van der Waals surface area contributed by atoms with E-state index in [-0.39, 0.29) is 47.7 Å². The Labute approximate surface area is 189 Å². The maximum absolute atomic E-state index is 13.0. The topological polar surface area (TPSA) is 99.8 Å². The van der Waals surface area contributed by atoms with Crippen molar-refractivity contribution in [3.05, 3.63) is 47.1 Å². The summed E-state index contributed by atoms with van der Waals surface area (Å²) in [4.78, 5) is 5.05. The molecule has 0 saturated carbocycles. The van der Waals surface area contributed by atoms with Crippen molar-refractivity contribution in [3.63, 3.8) is 0 Å². The van der Waals surface area contributed by atoms with Crippen LogP contribution in [0.5, 0.6) is 0 Å². The third kappa shape index (κ3) is 4.56. The molecule has 1 aliphatic heterocycles. The smallest absolute Gasteiger partial charge is 0.384 e. The van der Waals surface area contributed by atoms with Gasteiger partial charge in [-0.15, -0.1) is 0 Å². The zero-order chi connectivity index (χ0) is 24.8. The van der Waals surface area contributed by atoms with E-state index in [1.54, 1.807) is 4.90 Å². The van der Waals surface area contributed by atoms with Gasteiger partial charge < -0.3 is 15.7 Å². The predicted octanol–water partition coefficient (Wildman–Crippen LogP) is 3.14. The average Bonchev–Trinajstić information content (AvgIpc) is 2.71. The maximum Gasteiger partial charge on any atom is 0.430 e. The average molecular weight is 519 g/mol. The molecule has 3 N–H and O–H groups in total. The molecule has 0 bridgehead atoms. The lowest BCUT2D eigenvalue weighted by Crippen LogP contribution is -2.54. The Kier molecular flexibility index (Phi) is 6.52. The van der Waals surface area contributed by atoms with Crippen molar-refractivity contribution in [1.29, 1.82) is 0 Å². The number of halogens is 7. The normalized spacial score (nSPS) is 16.8. The molecule has 0 amide bonds. The van der Waals surface area contributed by atoms with E-state index in [0.717, 1.165) is 16.4 Å². The van der Waals surface area contributed by atoms with Gasteiger partial charge in [0, 0.05) is 37.4 Å². The van der Waals surface area contributed by atoms with Crippen LogP contribution in [0.2, 0.25) is 5.15 Å². The van der Waals surface area contributed by atoms with Crippen LogP contribution >= 0.6 is 11.6 Å². The Morgan fingerprint density at radius 1 is 0.909 bits per heavy atom. The number of alkyl halides is 6. The Balaban J connectivity index is 1.77. The van der Waals surface area contributed by atoms with Gasteiger partial charge in [0.25, 0.3) is 5.60 Å². The second-order valence-corrected chi connectivity index (χ2v) is 9.43. The number of anilines is 2. The molecule has 3 rings (SSSR count). The molecule has 182 valence electrons. The summed E-state index contributed by atoms with van der Waals surface area (Å²) in [6.45, 7) is 0.141. The summed E-state index contributed by atoms with van der Waals surface area (Å²) < 4.78 is 105. The van der Waals surface area contributed by atoms with Gasteiger partial charge in [0.05, 0.1) is 0 Å². The highest BCUT2D eigenvalue weighted by atomic mass is 35.5. The number of nitrogens with two attached hydrogens (primary N) is 1. The third-order valence-corrected chi connectivity index (χ3v) is 7.49. The molecule has 0 atom stereocenters. The molecule has 0 aliphatic carbocycles. The summed E-state index contributed by atoms with van der Waals surface area (Å²) in [7, 11) is -4.00. The SMILES string of the molecule is Nc1ccc(S(=O)(=O)N2CCN(c3ccc(C(O)(C(F)(F)F)C(F)(F)F)cc3)CC2)c(Cl)n1. The first kappa shape index (κ1) is 25.3. The molecular weight excluding hydrogens is 502 g/mol. The number of sulfonamides is 1. The van der Waals surface area contributed by atoms with Crippen LogP contribution in [0.25, 0.3) is 0 Å². The van der Waals surface area contributed by atoms with Gasteiger partial charge in [-0.25, -0.2) is 13.4 Å². The Hall–Kier alpha value is -2.29. The molecule has 2 aromatic rings. The van der Waals surface area contributed by atoms with E-state index >= 15 is 0 Å². The number of aromatic nitrogens is 1. The van der Waals surface area contributed by atoms with E-state index in [1.165, 1.54) is 12.1 Å². The van der Waals surface area contributed by atoms with Crippen LogP contribution in [0.1, 0.15) is 5.56 Å². The van der Waals surface area contributed by atoms with Crippen LogP contribution in [0.4, 0.5) is 37.8 Å². The van der Waals surface area contributed by atoms with Crippen molar-refractivity contribution in [3.8, 4) is 0 Å². The van der Waals surface area contributed by atoms with Crippen LogP contribution < -0.4 is 10.6 Å². The minimum atomic E-state index is -5.98. The molecule has 1 aromatic carbocycles. The lowest BCUT2D eigenvalue weighted by molar-refractivity contribution is -0.376. The molecule has 0 radical (unpaired) electrons. The van der Waals surface area contributed by atoms with Crippen LogP contribution in [0.15, 0.2) is 41.3 Å². The second-order valence-electron chi connectivity index (χ2n) is 7.17. The van der Waals surface area contributed by atoms with Crippen molar-refractivity contribution in [1.82, 2.24) is 9.29 Å². The number of rotatable bonds is 4. The van der Waals surface area contributed by atoms with Crippen LogP contribution in [-0.4, -0.2) is 61.3 Å². The number of hydrogen-bond acceptors (Lipinski definition) is 6. The molecule has 1 aromatic heterocycles. The first-order chi connectivity index (χ1) is 15.1. The van der Waals surface area contributed by atoms with Crippen LogP contribution in [0.3, 0.4) is 0 Å². The van der Waals surface area contributed by atoms with Gasteiger partial charge in [-0.3, -0.25) is 0 Å². The number of aliphatic hydroxyl groups is 1. The molecule has 1 aliphatic rings. The molecule has 1 saturated heterocycles. The van der Waals surface area contributed by atoms with E-state index < -0.39 is 33.5 Å². The Morgan fingerprint density at radius 3 is 1.88 bits per heavy atom. The first-order valence-corrected chi connectivity index (χ1v) is 11.0. The van der Waals surface area contributed by atoms with Crippen molar-refractivity contribution in [2.75, 3.05) is 36.8 Å². The predicted molar refractivity (Wildman–Crippen MR) is 107 cm³/mol. The summed E-state index contributed by atoms with van der Waals surface area (Å²) in [6.07, 6.45) is -12.0. The number of nitrogens with zero attached hydrogens (tertiary/aromatic N) is 3. The zero-order valence-corrected chi connectivity index (χ0v) is 18.1. The maximum atomic E-state index is 13.0. The molecule has 1 fully saturated rings. The molecule has 15 heteroatoms. The number of hydrogen-bond donors (Lipinski definition) is 2. The summed E-state index contributed by atoms with van der Waals surface area (Å²) in [6, 6.07) is 5.58. The molecule has 0 unspecified atom stereocenters. The first-order valence-electron chi connectivity index (χ1n) is 9.22. The summed E-state index contributed by atoms with van der Waals surface area (Å²) in [5.74, 6) is 0.0372. The van der Waals surface area contributed by atoms with Gasteiger partial charge in [0.2, 0.25) is 10.0 Å². The molecule has 33 heavy (non-hydrogen) atoms. The fraction of sp³-hybridized carbons (Fsp3) is 0.389. The monoisotopic (exact) mass is 518 g/mol. The van der Waals surface area contributed by atoms with Crippen LogP contribution in [0, 0.1) is 0 Å². The molecule has 7 nitrogen and oxygen atoms in total. The van der Waals surface area contributed by atoms with E-state index in [2.05, 4.69) is 4.98 Å². The molecular formula is C18H17ClF6N4O3S. The largest absolute Gasteiger partial charge is 0.430 e. The van der Waals surface area contributed by atoms with Crippen LogP contribution in [-0.2, 0) is 15.6 Å². The standard InChI is InChI=1S/C18H17ClF6N4O3S/c19-15-13(5-6-14(26)27-15)33(31,32)29-9-7-28(8-10-29)12-3-1-11(2-4-12)16(30,17(20,21)22)18(23,24)25/h1-6,30H,7-10H2,(H2,26,27). The van der Waals surface area contributed by atoms with Gasteiger partial charge in [-0.2, -0.15) is 30.6 Å². The third-order valence-electron chi connectivity index (χ3n) is 5.16. The van der Waals surface area contributed by atoms with Crippen molar-refractivity contribution in [2.45, 2.75) is 22.8 Å². The van der Waals surface area contributed by atoms with Gasteiger partial charge in [-0.1, -0.05) is 23.7 Å². The van der Waals surface area contributed by atoms with E-state index in [0.29, 0.717) is 12.1 Å². The van der Waals surface area contributed by atoms with Gasteiger partial charge >= 0.3 is 12.4 Å². The molecule has 0 spiro atoms. The van der Waals surface area contributed by atoms with Gasteiger partial charge in [-0.05, 0) is 24.3 Å². The number of benzene rings is 1. The highest BCUT2D eigenvalue weighted by molar-refractivity contribution is 7.89. The van der Waals surface area contributed by atoms with Gasteiger partial charge in [0.1, 0.15) is 10.7 Å². The summed E-state index contributed by atoms with van der Waals surface area (Å²) in [5, 5.41) is 9.17. The van der Waals surface area contributed by atoms with Crippen molar-refractivity contribution < 1.29 is 39.9 Å². The molecule has 2 heterocycles. The van der Waals surface area contributed by atoms with Gasteiger partial charge in [0.15, 0.2) is 5.15 Å². The van der Waals surface area contributed by atoms with E-state index in [1.807, 2.05) is 0 Å². The number of nitrogen functional groups attached to an aromatic ring is 1. The highest BCUT2D eigenvalue weighted by Crippen LogP contribution is 2.50. The minimum Gasteiger partial charge on any atom is -0.384 e. The lowest BCUT2D eigenvalue weighted by atomic mass is 9.92.